The highest BCUT2D eigenvalue weighted by atomic mass is 32.2. The van der Waals surface area contributed by atoms with Crippen molar-refractivity contribution in [2.75, 3.05) is 4.90 Å². The first kappa shape index (κ1) is 24.3. The van der Waals surface area contributed by atoms with Crippen molar-refractivity contribution in [3.05, 3.63) is 100 Å². The minimum absolute atomic E-state index is 0.0470. The van der Waals surface area contributed by atoms with Crippen LogP contribution in [0.15, 0.2) is 82.6 Å². The Morgan fingerprint density at radius 1 is 0.944 bits per heavy atom. The molecule has 1 saturated carbocycles. The van der Waals surface area contributed by atoms with Gasteiger partial charge in [0.15, 0.2) is 0 Å². The Balaban J connectivity index is 1.35. The van der Waals surface area contributed by atoms with Crippen LogP contribution in [0.2, 0.25) is 0 Å². The van der Waals surface area contributed by atoms with Gasteiger partial charge in [0, 0.05) is 22.1 Å². The molecular weight excluding hydrogens is 471 g/mol. The van der Waals surface area contributed by atoms with Gasteiger partial charge in [-0.25, -0.2) is 4.39 Å². The lowest BCUT2D eigenvalue weighted by molar-refractivity contribution is -0.114. The summed E-state index contributed by atoms with van der Waals surface area (Å²) >= 11 is 1.41. The standard InChI is InChI=1S/C30H29FN2O2S/c31-25-12-6-5-9-23(25)20-33-26-13-7-8-14-27(26)36-28(30(33)35)19-21-15-17-22(18-16-21)29(34)32-24-10-3-1-2-4-11-24/h5-9,12-19,24H,1-4,10-11,20H2,(H,32,34). The van der Waals surface area contributed by atoms with Crippen molar-refractivity contribution in [2.24, 2.45) is 0 Å². The molecule has 1 aliphatic carbocycles. The van der Waals surface area contributed by atoms with Crippen LogP contribution in [0.4, 0.5) is 10.1 Å². The van der Waals surface area contributed by atoms with Crippen molar-refractivity contribution >= 4 is 35.3 Å². The van der Waals surface area contributed by atoms with E-state index in [0.29, 0.717) is 16.0 Å². The third-order valence-electron chi connectivity index (χ3n) is 6.78. The van der Waals surface area contributed by atoms with Crippen molar-refractivity contribution in [1.82, 2.24) is 5.32 Å². The number of carbonyl (C=O) groups is 2. The summed E-state index contributed by atoms with van der Waals surface area (Å²) < 4.78 is 14.4. The summed E-state index contributed by atoms with van der Waals surface area (Å²) in [4.78, 5) is 29.4. The molecule has 0 unspecified atom stereocenters. The molecule has 1 heterocycles. The number of nitrogens with zero attached hydrogens (tertiary/aromatic N) is 1. The van der Waals surface area contributed by atoms with E-state index in [2.05, 4.69) is 5.32 Å². The van der Waals surface area contributed by atoms with E-state index in [0.717, 1.165) is 29.0 Å². The van der Waals surface area contributed by atoms with Crippen LogP contribution in [-0.4, -0.2) is 17.9 Å². The molecule has 0 aromatic heterocycles. The number of carbonyl (C=O) groups excluding carboxylic acids is 2. The molecule has 1 N–H and O–H groups in total. The number of amides is 2. The highest BCUT2D eigenvalue weighted by Gasteiger charge is 2.29. The summed E-state index contributed by atoms with van der Waals surface area (Å²) in [5.74, 6) is -0.546. The van der Waals surface area contributed by atoms with Crippen molar-refractivity contribution in [2.45, 2.75) is 56.0 Å². The average molecular weight is 501 g/mol. The first-order valence-corrected chi connectivity index (χ1v) is 13.3. The number of hydrogen-bond donors (Lipinski definition) is 1. The Bertz CT molecular complexity index is 1280. The van der Waals surface area contributed by atoms with Gasteiger partial charge in [0.1, 0.15) is 5.82 Å². The van der Waals surface area contributed by atoms with Crippen molar-refractivity contribution < 1.29 is 14.0 Å². The molecule has 0 spiro atoms. The van der Waals surface area contributed by atoms with Gasteiger partial charge < -0.3 is 10.2 Å². The Hall–Kier alpha value is -3.38. The molecule has 36 heavy (non-hydrogen) atoms. The molecular formula is C30H29FN2O2S. The summed E-state index contributed by atoms with van der Waals surface area (Å²) in [6.07, 6.45) is 8.74. The van der Waals surface area contributed by atoms with Crippen LogP contribution in [0, 0.1) is 5.82 Å². The predicted octanol–water partition coefficient (Wildman–Crippen LogP) is 6.96. The fourth-order valence-corrected chi connectivity index (χ4v) is 5.85. The van der Waals surface area contributed by atoms with E-state index in [4.69, 9.17) is 0 Å². The number of nitrogens with one attached hydrogen (secondary N) is 1. The van der Waals surface area contributed by atoms with Crippen LogP contribution < -0.4 is 10.2 Å². The minimum atomic E-state index is -0.329. The van der Waals surface area contributed by atoms with Crippen molar-refractivity contribution in [3.8, 4) is 0 Å². The maximum atomic E-state index is 14.4. The van der Waals surface area contributed by atoms with Crippen molar-refractivity contribution in [1.29, 1.82) is 0 Å². The van der Waals surface area contributed by atoms with Gasteiger partial charge in [0.05, 0.1) is 17.1 Å². The highest BCUT2D eigenvalue weighted by molar-refractivity contribution is 8.04. The van der Waals surface area contributed by atoms with Gasteiger partial charge in [-0.05, 0) is 54.8 Å². The van der Waals surface area contributed by atoms with E-state index in [-0.39, 0.29) is 30.2 Å². The molecule has 0 atom stereocenters. The molecule has 184 valence electrons. The van der Waals surface area contributed by atoms with E-state index in [9.17, 15) is 14.0 Å². The second-order valence-electron chi connectivity index (χ2n) is 9.35. The Morgan fingerprint density at radius 2 is 1.64 bits per heavy atom. The molecule has 0 bridgehead atoms. The van der Waals surface area contributed by atoms with Gasteiger partial charge in [0.25, 0.3) is 11.8 Å². The lowest BCUT2D eigenvalue weighted by Gasteiger charge is -2.30. The molecule has 2 amide bonds. The molecule has 4 nitrogen and oxygen atoms in total. The molecule has 3 aromatic carbocycles. The van der Waals surface area contributed by atoms with E-state index >= 15 is 0 Å². The zero-order chi connectivity index (χ0) is 24.9. The average Bonchev–Trinajstić information content (AvgIpc) is 3.16. The number of rotatable bonds is 5. The van der Waals surface area contributed by atoms with Gasteiger partial charge in [-0.3, -0.25) is 9.59 Å². The second-order valence-corrected chi connectivity index (χ2v) is 10.4. The first-order chi connectivity index (χ1) is 17.6. The smallest absolute Gasteiger partial charge is 0.265 e. The fourth-order valence-electron chi connectivity index (χ4n) is 4.79. The number of hydrogen-bond acceptors (Lipinski definition) is 3. The van der Waals surface area contributed by atoms with E-state index in [1.807, 2.05) is 54.6 Å². The third kappa shape index (κ3) is 5.54. The van der Waals surface area contributed by atoms with Crippen LogP contribution in [0.1, 0.15) is 60.0 Å². The molecule has 3 aromatic rings. The number of benzene rings is 3. The van der Waals surface area contributed by atoms with Crippen LogP contribution >= 0.6 is 11.8 Å². The maximum absolute atomic E-state index is 14.4. The summed E-state index contributed by atoms with van der Waals surface area (Å²) in [5, 5.41) is 3.18. The molecule has 0 saturated heterocycles. The number of halogens is 1. The largest absolute Gasteiger partial charge is 0.349 e. The predicted molar refractivity (Wildman–Crippen MR) is 143 cm³/mol. The van der Waals surface area contributed by atoms with E-state index < -0.39 is 0 Å². The Morgan fingerprint density at radius 3 is 2.39 bits per heavy atom. The summed E-state index contributed by atoms with van der Waals surface area (Å²) in [6.45, 7) is 0.153. The fraction of sp³-hybridized carbons (Fsp3) is 0.267. The third-order valence-corrected chi connectivity index (χ3v) is 7.86. The number of anilines is 1. The SMILES string of the molecule is O=C(NC1CCCCCC1)c1ccc(C=C2Sc3ccccc3N(Cc3ccccc3F)C2=O)cc1. The van der Waals surface area contributed by atoms with Crippen LogP contribution in [0.25, 0.3) is 6.08 Å². The lowest BCUT2D eigenvalue weighted by atomic mass is 10.1. The lowest BCUT2D eigenvalue weighted by Crippen LogP contribution is -2.34. The zero-order valence-electron chi connectivity index (χ0n) is 20.1. The number of thioether (sulfide) groups is 1. The quantitative estimate of drug-likeness (QED) is 0.304. The zero-order valence-corrected chi connectivity index (χ0v) is 20.9. The normalized spacial score (nSPS) is 17.5. The van der Waals surface area contributed by atoms with Gasteiger partial charge in [-0.15, -0.1) is 0 Å². The molecule has 2 aliphatic rings. The molecule has 0 radical (unpaired) electrons. The summed E-state index contributed by atoms with van der Waals surface area (Å²) in [6, 6.07) is 21.8. The van der Waals surface area contributed by atoms with Gasteiger partial charge >= 0.3 is 0 Å². The molecule has 6 heteroatoms. The van der Waals surface area contributed by atoms with Crippen LogP contribution in [-0.2, 0) is 11.3 Å². The van der Waals surface area contributed by atoms with Crippen LogP contribution in [0.3, 0.4) is 0 Å². The number of fused-ring (bicyclic) bond motifs is 1. The van der Waals surface area contributed by atoms with E-state index in [1.54, 1.807) is 23.1 Å². The Kier molecular flexibility index (Phi) is 7.52. The van der Waals surface area contributed by atoms with Gasteiger partial charge in [0.2, 0.25) is 0 Å². The minimum Gasteiger partial charge on any atom is -0.349 e. The summed E-state index contributed by atoms with van der Waals surface area (Å²) in [5.41, 5.74) is 2.70. The van der Waals surface area contributed by atoms with Gasteiger partial charge in [-0.1, -0.05) is 79.9 Å². The number of para-hydroxylation sites is 1. The van der Waals surface area contributed by atoms with Gasteiger partial charge in [-0.2, -0.15) is 0 Å². The maximum Gasteiger partial charge on any atom is 0.265 e. The molecule has 5 rings (SSSR count). The highest BCUT2D eigenvalue weighted by Crippen LogP contribution is 2.42. The molecule has 1 fully saturated rings. The van der Waals surface area contributed by atoms with E-state index in [1.165, 1.54) is 43.5 Å². The summed E-state index contributed by atoms with van der Waals surface area (Å²) in [7, 11) is 0. The van der Waals surface area contributed by atoms with Crippen LogP contribution in [0.5, 0.6) is 0 Å². The monoisotopic (exact) mass is 500 g/mol. The first-order valence-electron chi connectivity index (χ1n) is 12.5. The second kappa shape index (κ2) is 11.1. The molecule has 1 aliphatic heterocycles. The van der Waals surface area contributed by atoms with Crippen molar-refractivity contribution in [3.63, 3.8) is 0 Å². The topological polar surface area (TPSA) is 49.4 Å². The Labute approximate surface area is 215 Å².